The van der Waals surface area contributed by atoms with Crippen LogP contribution in [0.4, 0.5) is 0 Å². The van der Waals surface area contributed by atoms with E-state index in [0.717, 1.165) is 28.2 Å². The molecule has 0 unspecified atom stereocenters. The molecule has 0 spiro atoms. The van der Waals surface area contributed by atoms with Crippen LogP contribution < -0.4 is 0 Å². The summed E-state index contributed by atoms with van der Waals surface area (Å²) in [5.41, 5.74) is 5.39. The van der Waals surface area contributed by atoms with Crippen molar-refractivity contribution < 1.29 is 0 Å². The Morgan fingerprint density at radius 2 is 1.94 bits per heavy atom. The molecule has 0 saturated heterocycles. The van der Waals surface area contributed by atoms with Crippen molar-refractivity contribution in [2.45, 2.75) is 13.8 Å². The largest absolute Gasteiger partial charge is 0.272 e. The number of nitrogens with zero attached hydrogens (tertiary/aromatic N) is 4. The predicted molar refractivity (Wildman–Crippen MR) is 66.9 cm³/mol. The molecular formula is C13H14N4. The highest BCUT2D eigenvalue weighted by Crippen LogP contribution is 2.26. The van der Waals surface area contributed by atoms with E-state index >= 15 is 0 Å². The van der Waals surface area contributed by atoms with E-state index < -0.39 is 0 Å². The summed E-state index contributed by atoms with van der Waals surface area (Å²) < 4.78 is 3.79. The Kier molecular flexibility index (Phi) is 2.04. The maximum absolute atomic E-state index is 4.58. The fraction of sp³-hybridized carbons (Fsp3) is 0.231. The summed E-state index contributed by atoms with van der Waals surface area (Å²) in [6.45, 7) is 4.09. The zero-order valence-corrected chi connectivity index (χ0v) is 10.2. The fourth-order valence-electron chi connectivity index (χ4n) is 2.20. The first-order valence-electron chi connectivity index (χ1n) is 5.62. The minimum absolute atomic E-state index is 0.985. The fourth-order valence-corrected chi connectivity index (χ4v) is 2.20. The molecule has 3 aromatic rings. The monoisotopic (exact) mass is 226 g/mol. The van der Waals surface area contributed by atoms with Crippen LogP contribution in [0.15, 0.2) is 30.5 Å². The third kappa shape index (κ3) is 1.45. The van der Waals surface area contributed by atoms with E-state index in [0.29, 0.717) is 0 Å². The van der Waals surface area contributed by atoms with Crippen LogP contribution in [0.5, 0.6) is 0 Å². The number of fused-ring (bicyclic) bond motifs is 1. The molecule has 86 valence electrons. The summed E-state index contributed by atoms with van der Waals surface area (Å²) in [5.74, 6) is 0. The Bertz CT molecular complexity index is 658. The van der Waals surface area contributed by atoms with Gasteiger partial charge in [0.2, 0.25) is 0 Å². The molecule has 0 N–H and O–H groups in total. The molecule has 3 heterocycles. The average Bonchev–Trinajstić information content (AvgIpc) is 2.81. The lowest BCUT2D eigenvalue weighted by atomic mass is 10.1. The van der Waals surface area contributed by atoms with Gasteiger partial charge in [-0.05, 0) is 32.0 Å². The van der Waals surface area contributed by atoms with E-state index in [1.807, 2.05) is 41.5 Å². The molecule has 4 heteroatoms. The number of pyridine rings is 1. The lowest BCUT2D eigenvalue weighted by Gasteiger charge is -1.96. The Labute approximate surface area is 99.5 Å². The van der Waals surface area contributed by atoms with Gasteiger partial charge in [-0.2, -0.15) is 10.2 Å². The van der Waals surface area contributed by atoms with Crippen molar-refractivity contribution >= 4 is 5.52 Å². The van der Waals surface area contributed by atoms with Crippen LogP contribution >= 0.6 is 0 Å². The van der Waals surface area contributed by atoms with Crippen LogP contribution in [0.3, 0.4) is 0 Å². The van der Waals surface area contributed by atoms with E-state index in [9.17, 15) is 0 Å². The highest BCUT2D eigenvalue weighted by molar-refractivity contribution is 5.69. The number of aryl methyl sites for hydroxylation is 2. The molecule has 3 rings (SSSR count). The first-order valence-corrected chi connectivity index (χ1v) is 5.62. The Hall–Kier alpha value is -2.10. The molecule has 17 heavy (non-hydrogen) atoms. The molecule has 0 atom stereocenters. The zero-order valence-electron chi connectivity index (χ0n) is 10.2. The summed E-state index contributed by atoms with van der Waals surface area (Å²) >= 11 is 0. The topological polar surface area (TPSA) is 35.1 Å². The van der Waals surface area contributed by atoms with Crippen LogP contribution in [-0.2, 0) is 7.05 Å². The lowest BCUT2D eigenvalue weighted by molar-refractivity contribution is 0.731. The molecule has 0 aliphatic rings. The Morgan fingerprint density at radius 3 is 2.59 bits per heavy atom. The number of hydrogen-bond acceptors (Lipinski definition) is 2. The number of rotatable bonds is 1. The average molecular weight is 226 g/mol. The van der Waals surface area contributed by atoms with Gasteiger partial charge in [0.25, 0.3) is 0 Å². The van der Waals surface area contributed by atoms with Crippen molar-refractivity contribution in [3.05, 3.63) is 41.9 Å². The highest BCUT2D eigenvalue weighted by atomic mass is 15.3. The number of hydrogen-bond donors (Lipinski definition) is 0. The summed E-state index contributed by atoms with van der Waals surface area (Å²) in [6, 6.07) is 8.14. The first-order chi connectivity index (χ1) is 8.16. The molecule has 0 amide bonds. The van der Waals surface area contributed by atoms with E-state index in [-0.39, 0.29) is 0 Å². The number of aromatic nitrogens is 4. The van der Waals surface area contributed by atoms with Gasteiger partial charge in [-0.3, -0.25) is 4.68 Å². The molecule has 0 saturated carbocycles. The second kappa shape index (κ2) is 3.45. The smallest absolute Gasteiger partial charge is 0.0970 e. The Balaban J connectivity index is 2.27. The zero-order chi connectivity index (χ0) is 12.0. The minimum atomic E-state index is 0.985. The van der Waals surface area contributed by atoms with Crippen LogP contribution in [0.25, 0.3) is 16.8 Å². The van der Waals surface area contributed by atoms with Gasteiger partial charge in [-0.15, -0.1) is 0 Å². The SMILES string of the molecule is Cc1nn(C)c(C)c1-c1cc2ccccn2n1. The second-order valence-corrected chi connectivity index (χ2v) is 4.27. The molecule has 0 fully saturated rings. The summed E-state index contributed by atoms with van der Waals surface area (Å²) in [5, 5.41) is 9.01. The molecule has 3 aromatic heterocycles. The molecule has 0 aliphatic heterocycles. The van der Waals surface area contributed by atoms with Gasteiger partial charge >= 0.3 is 0 Å². The molecule has 4 nitrogen and oxygen atoms in total. The van der Waals surface area contributed by atoms with Crippen molar-refractivity contribution in [3.8, 4) is 11.3 Å². The normalized spacial score (nSPS) is 11.2. The third-order valence-corrected chi connectivity index (χ3v) is 3.14. The van der Waals surface area contributed by atoms with E-state index in [4.69, 9.17) is 0 Å². The van der Waals surface area contributed by atoms with Crippen LogP contribution in [0, 0.1) is 13.8 Å². The van der Waals surface area contributed by atoms with Crippen LogP contribution in [0.2, 0.25) is 0 Å². The van der Waals surface area contributed by atoms with Gasteiger partial charge in [0.1, 0.15) is 0 Å². The van der Waals surface area contributed by atoms with Crippen LogP contribution in [0.1, 0.15) is 11.4 Å². The molecule has 0 bridgehead atoms. The van der Waals surface area contributed by atoms with Crippen molar-refractivity contribution in [2.75, 3.05) is 0 Å². The van der Waals surface area contributed by atoms with Crippen molar-refractivity contribution in [2.24, 2.45) is 7.05 Å². The van der Waals surface area contributed by atoms with Crippen molar-refractivity contribution in [3.63, 3.8) is 0 Å². The summed E-state index contributed by atoms with van der Waals surface area (Å²) in [4.78, 5) is 0. The van der Waals surface area contributed by atoms with Crippen molar-refractivity contribution in [1.82, 2.24) is 19.4 Å². The maximum Gasteiger partial charge on any atom is 0.0970 e. The van der Waals surface area contributed by atoms with Gasteiger partial charge in [0.15, 0.2) is 0 Å². The lowest BCUT2D eigenvalue weighted by Crippen LogP contribution is -1.92. The van der Waals surface area contributed by atoms with Gasteiger partial charge in [0, 0.05) is 24.5 Å². The van der Waals surface area contributed by atoms with Gasteiger partial charge in [-0.1, -0.05) is 6.07 Å². The maximum atomic E-state index is 4.58. The second-order valence-electron chi connectivity index (χ2n) is 4.27. The molecular weight excluding hydrogens is 212 g/mol. The quantitative estimate of drug-likeness (QED) is 0.638. The van der Waals surface area contributed by atoms with E-state index in [1.165, 1.54) is 0 Å². The van der Waals surface area contributed by atoms with E-state index in [1.54, 1.807) is 0 Å². The first kappa shape index (κ1) is 10.1. The standard InChI is InChI=1S/C13H14N4/c1-9-13(10(2)16(3)14-9)12-8-11-6-4-5-7-17(11)15-12/h4-8H,1-3H3. The van der Waals surface area contributed by atoms with Crippen LogP contribution in [-0.4, -0.2) is 19.4 Å². The molecule has 0 aliphatic carbocycles. The van der Waals surface area contributed by atoms with Gasteiger partial charge in [-0.25, -0.2) is 4.52 Å². The summed E-state index contributed by atoms with van der Waals surface area (Å²) in [7, 11) is 1.96. The summed E-state index contributed by atoms with van der Waals surface area (Å²) in [6.07, 6.45) is 1.96. The predicted octanol–water partition coefficient (Wildman–Crippen LogP) is 2.35. The van der Waals surface area contributed by atoms with Gasteiger partial charge in [0.05, 0.1) is 16.9 Å². The van der Waals surface area contributed by atoms with Gasteiger partial charge < -0.3 is 0 Å². The third-order valence-electron chi connectivity index (χ3n) is 3.14. The van der Waals surface area contributed by atoms with E-state index in [2.05, 4.69) is 29.3 Å². The molecule has 0 radical (unpaired) electrons. The minimum Gasteiger partial charge on any atom is -0.272 e. The molecule has 0 aromatic carbocycles. The highest BCUT2D eigenvalue weighted by Gasteiger charge is 2.14. The Morgan fingerprint density at radius 1 is 1.12 bits per heavy atom. The van der Waals surface area contributed by atoms with Crippen molar-refractivity contribution in [1.29, 1.82) is 0 Å².